The van der Waals surface area contributed by atoms with E-state index in [0.717, 1.165) is 5.56 Å². The van der Waals surface area contributed by atoms with E-state index in [1.165, 1.54) is 11.3 Å². The number of nitrogens with one attached hydrogen (secondary N) is 1. The molecular weight excluding hydrogens is 443 g/mol. The Hall–Kier alpha value is -2.90. The molecular formula is C22H14Cl2N2O3S. The third-order valence-corrected chi connectivity index (χ3v) is 5.99. The zero-order valence-electron chi connectivity index (χ0n) is 15.3. The number of carbonyl (C=O) groups is 1. The second-order valence-electron chi connectivity index (χ2n) is 6.38. The fourth-order valence-corrected chi connectivity index (χ4v) is 4.45. The Kier molecular flexibility index (Phi) is 5.74. The molecule has 5 nitrogen and oxygen atoms in total. The number of thiazole rings is 1. The topological polar surface area (TPSA) is 82.5 Å². The van der Waals surface area contributed by atoms with Crippen LogP contribution in [-0.4, -0.2) is 21.3 Å². The molecule has 1 aromatic heterocycles. The van der Waals surface area contributed by atoms with E-state index in [1.807, 2.05) is 11.4 Å². The lowest BCUT2D eigenvalue weighted by Gasteiger charge is -2.12. The molecule has 0 saturated carbocycles. The van der Waals surface area contributed by atoms with Crippen LogP contribution in [0.15, 0.2) is 66.0 Å². The first-order valence-electron chi connectivity index (χ1n) is 8.76. The van der Waals surface area contributed by atoms with Crippen molar-refractivity contribution in [1.82, 2.24) is 4.98 Å². The lowest BCUT2D eigenvalue weighted by molar-refractivity contribution is 0.0698. The largest absolute Gasteiger partial charge is 0.478 e. The van der Waals surface area contributed by atoms with Gasteiger partial charge in [-0.1, -0.05) is 53.5 Å². The smallest absolute Gasteiger partial charge is 0.336 e. The molecule has 0 fully saturated rings. The number of aromatic nitrogens is 1. The number of nitrogens with zero attached hydrogens (tertiary/aromatic N) is 1. The second kappa shape index (κ2) is 8.45. The molecule has 30 heavy (non-hydrogen) atoms. The van der Waals surface area contributed by atoms with Gasteiger partial charge in [-0.05, 0) is 35.9 Å². The summed E-state index contributed by atoms with van der Waals surface area (Å²) < 4.78 is 0. The van der Waals surface area contributed by atoms with Crippen LogP contribution < -0.4 is 5.48 Å². The Bertz CT molecular complexity index is 1260. The zero-order chi connectivity index (χ0) is 21.3. The Morgan fingerprint density at radius 3 is 2.47 bits per heavy atom. The van der Waals surface area contributed by atoms with E-state index in [-0.39, 0.29) is 5.56 Å². The number of hydrogen-bond acceptors (Lipinski definition) is 5. The molecule has 4 aromatic rings. The van der Waals surface area contributed by atoms with Crippen LogP contribution in [0.4, 0.5) is 5.69 Å². The number of anilines is 1. The maximum Gasteiger partial charge on any atom is 0.336 e. The first kappa shape index (κ1) is 20.4. The van der Waals surface area contributed by atoms with Crippen molar-refractivity contribution in [2.24, 2.45) is 0 Å². The number of para-hydroxylation sites is 1. The number of carboxylic acid groups (broad SMARTS) is 1. The fourth-order valence-electron chi connectivity index (χ4n) is 3.13. The van der Waals surface area contributed by atoms with E-state index >= 15 is 0 Å². The highest BCUT2D eigenvalue weighted by molar-refractivity contribution is 7.13. The van der Waals surface area contributed by atoms with Crippen LogP contribution in [-0.2, 0) is 0 Å². The Labute approximate surface area is 186 Å². The number of carboxylic acids is 1. The zero-order valence-corrected chi connectivity index (χ0v) is 17.6. The van der Waals surface area contributed by atoms with Gasteiger partial charge in [-0.2, -0.15) is 0 Å². The number of rotatable bonds is 5. The average molecular weight is 457 g/mol. The summed E-state index contributed by atoms with van der Waals surface area (Å²) in [5, 5.41) is 22.7. The normalized spacial score (nSPS) is 10.8. The van der Waals surface area contributed by atoms with E-state index in [9.17, 15) is 15.1 Å². The average Bonchev–Trinajstić information content (AvgIpc) is 3.23. The van der Waals surface area contributed by atoms with Gasteiger partial charge in [-0.15, -0.1) is 11.3 Å². The summed E-state index contributed by atoms with van der Waals surface area (Å²) in [7, 11) is 0. The minimum Gasteiger partial charge on any atom is -0.478 e. The molecule has 0 saturated heterocycles. The third-order valence-electron chi connectivity index (χ3n) is 4.55. The van der Waals surface area contributed by atoms with Gasteiger partial charge in [0, 0.05) is 27.1 Å². The van der Waals surface area contributed by atoms with Gasteiger partial charge in [0.15, 0.2) is 0 Å². The van der Waals surface area contributed by atoms with E-state index in [0.29, 0.717) is 43.1 Å². The number of hydrogen-bond donors (Lipinski definition) is 3. The summed E-state index contributed by atoms with van der Waals surface area (Å²) in [5.74, 6) is -1.07. The molecule has 0 bridgehead atoms. The summed E-state index contributed by atoms with van der Waals surface area (Å²) in [6.45, 7) is 0. The molecule has 0 unspecified atom stereocenters. The van der Waals surface area contributed by atoms with E-state index in [2.05, 4.69) is 10.5 Å². The molecule has 0 aliphatic carbocycles. The summed E-state index contributed by atoms with van der Waals surface area (Å²) in [4.78, 5) is 16.6. The van der Waals surface area contributed by atoms with Crippen molar-refractivity contribution in [1.29, 1.82) is 0 Å². The van der Waals surface area contributed by atoms with Crippen molar-refractivity contribution in [3.63, 3.8) is 0 Å². The maximum atomic E-state index is 12.0. The van der Waals surface area contributed by atoms with Gasteiger partial charge in [0.1, 0.15) is 5.01 Å². The Balaban J connectivity index is 1.77. The predicted octanol–water partition coefficient (Wildman–Crippen LogP) is 6.95. The van der Waals surface area contributed by atoms with Gasteiger partial charge in [0.2, 0.25) is 0 Å². The van der Waals surface area contributed by atoms with Crippen molar-refractivity contribution in [2.45, 2.75) is 0 Å². The maximum absolute atomic E-state index is 12.0. The molecule has 3 N–H and O–H groups in total. The van der Waals surface area contributed by atoms with Crippen LogP contribution in [0.3, 0.4) is 0 Å². The number of halogens is 2. The van der Waals surface area contributed by atoms with Crippen molar-refractivity contribution in [2.75, 3.05) is 5.48 Å². The second-order valence-corrected chi connectivity index (χ2v) is 8.09. The van der Waals surface area contributed by atoms with E-state index < -0.39 is 5.97 Å². The van der Waals surface area contributed by atoms with Crippen LogP contribution in [0.25, 0.3) is 33.0 Å². The highest BCUT2D eigenvalue weighted by Gasteiger charge is 2.17. The van der Waals surface area contributed by atoms with Crippen molar-refractivity contribution >= 4 is 46.2 Å². The van der Waals surface area contributed by atoms with Gasteiger partial charge in [-0.3, -0.25) is 10.7 Å². The van der Waals surface area contributed by atoms with Crippen LogP contribution in [0.2, 0.25) is 10.0 Å². The van der Waals surface area contributed by atoms with Crippen LogP contribution in [0.5, 0.6) is 0 Å². The lowest BCUT2D eigenvalue weighted by atomic mass is 9.96. The molecule has 0 aliphatic rings. The summed E-state index contributed by atoms with van der Waals surface area (Å²) in [6.07, 6.45) is 0. The van der Waals surface area contributed by atoms with Gasteiger partial charge in [-0.25, -0.2) is 9.78 Å². The SMILES string of the molecule is O=C(O)c1cc(-c2nc(-c3ccc(Cl)cc3Cl)cs2)ccc1-c1ccccc1NO. The molecule has 8 heteroatoms. The molecule has 0 radical (unpaired) electrons. The number of benzene rings is 3. The van der Waals surface area contributed by atoms with Gasteiger partial charge >= 0.3 is 5.97 Å². The standard InChI is InChI=1S/C22H14Cl2N2O3S/c23-13-6-8-16(18(24)10-13)20-11-30-21(25-20)12-5-7-14(17(9-12)22(27)28)15-3-1-2-4-19(15)26-29/h1-11,26,29H,(H,27,28). The first-order chi connectivity index (χ1) is 14.5. The molecule has 0 atom stereocenters. The molecule has 3 aromatic carbocycles. The molecule has 0 aliphatic heterocycles. The van der Waals surface area contributed by atoms with Crippen LogP contribution >= 0.6 is 34.5 Å². The van der Waals surface area contributed by atoms with Crippen molar-refractivity contribution in [3.05, 3.63) is 81.7 Å². The highest BCUT2D eigenvalue weighted by atomic mass is 35.5. The Morgan fingerprint density at radius 1 is 0.967 bits per heavy atom. The highest BCUT2D eigenvalue weighted by Crippen LogP contribution is 2.37. The minimum absolute atomic E-state index is 0.108. The summed E-state index contributed by atoms with van der Waals surface area (Å²) in [5.41, 5.74) is 5.82. The summed E-state index contributed by atoms with van der Waals surface area (Å²) in [6, 6.07) is 17.2. The molecule has 0 spiro atoms. The van der Waals surface area contributed by atoms with Crippen LogP contribution in [0, 0.1) is 0 Å². The van der Waals surface area contributed by atoms with Crippen molar-refractivity contribution < 1.29 is 15.1 Å². The van der Waals surface area contributed by atoms with E-state index in [1.54, 1.807) is 54.6 Å². The van der Waals surface area contributed by atoms with Gasteiger partial charge < -0.3 is 5.11 Å². The lowest BCUT2D eigenvalue weighted by Crippen LogP contribution is -2.02. The van der Waals surface area contributed by atoms with E-state index in [4.69, 9.17) is 23.2 Å². The predicted molar refractivity (Wildman–Crippen MR) is 121 cm³/mol. The van der Waals surface area contributed by atoms with Crippen molar-refractivity contribution in [3.8, 4) is 33.0 Å². The van der Waals surface area contributed by atoms with Gasteiger partial charge in [0.05, 0.1) is 22.0 Å². The molecule has 1 heterocycles. The Morgan fingerprint density at radius 2 is 1.73 bits per heavy atom. The van der Waals surface area contributed by atoms with Crippen LogP contribution in [0.1, 0.15) is 10.4 Å². The monoisotopic (exact) mass is 456 g/mol. The molecule has 4 rings (SSSR count). The number of aromatic carboxylic acids is 1. The quantitative estimate of drug-likeness (QED) is 0.283. The molecule has 0 amide bonds. The summed E-state index contributed by atoms with van der Waals surface area (Å²) >= 11 is 13.6. The van der Waals surface area contributed by atoms with Gasteiger partial charge in [0.25, 0.3) is 0 Å². The molecule has 150 valence electrons. The fraction of sp³-hybridized carbons (Fsp3) is 0. The first-order valence-corrected chi connectivity index (χ1v) is 10.4. The third kappa shape index (κ3) is 3.91. The minimum atomic E-state index is -1.07.